The molecule has 0 spiro atoms. The smallest absolute Gasteiger partial charge is 0.406 e. The summed E-state index contributed by atoms with van der Waals surface area (Å²) in [6, 6.07) is 11.5. The Kier molecular flexibility index (Phi) is 6.27. The van der Waals surface area contributed by atoms with Crippen molar-refractivity contribution in [2.24, 2.45) is 0 Å². The van der Waals surface area contributed by atoms with Crippen molar-refractivity contribution in [1.29, 1.82) is 0 Å². The van der Waals surface area contributed by atoms with Crippen LogP contribution in [0.5, 0.6) is 5.75 Å². The molecule has 6 nitrogen and oxygen atoms in total. The highest BCUT2D eigenvalue weighted by Gasteiger charge is 2.31. The Hall–Kier alpha value is -3.23. The van der Waals surface area contributed by atoms with Crippen LogP contribution in [0.15, 0.2) is 48.5 Å². The fourth-order valence-corrected chi connectivity index (χ4v) is 2.15. The lowest BCUT2D eigenvalue weighted by atomic mass is 10.2. The Morgan fingerprint density at radius 2 is 1.70 bits per heavy atom. The minimum Gasteiger partial charge on any atom is -0.406 e. The fraction of sp³-hybridized carbons (Fsp3) is 0.222. The lowest BCUT2D eigenvalue weighted by Gasteiger charge is -2.12. The third-order valence-corrected chi connectivity index (χ3v) is 3.34. The van der Waals surface area contributed by atoms with Gasteiger partial charge in [0.25, 0.3) is 5.91 Å². The highest BCUT2D eigenvalue weighted by molar-refractivity contribution is 5.96. The van der Waals surface area contributed by atoms with Gasteiger partial charge in [0.1, 0.15) is 5.75 Å². The number of hydrogen-bond acceptors (Lipinski definition) is 4. The molecular formula is C18H18F3N3O3. The zero-order valence-corrected chi connectivity index (χ0v) is 14.6. The van der Waals surface area contributed by atoms with E-state index in [1.165, 1.54) is 17.0 Å². The van der Waals surface area contributed by atoms with Gasteiger partial charge in [0.15, 0.2) is 0 Å². The van der Waals surface area contributed by atoms with E-state index in [2.05, 4.69) is 15.4 Å². The second kappa shape index (κ2) is 8.43. The molecule has 0 atom stereocenters. The average molecular weight is 381 g/mol. The van der Waals surface area contributed by atoms with E-state index in [9.17, 15) is 22.8 Å². The van der Waals surface area contributed by atoms with Crippen molar-refractivity contribution >= 4 is 23.2 Å². The second-order valence-electron chi connectivity index (χ2n) is 5.75. The van der Waals surface area contributed by atoms with Gasteiger partial charge in [0.2, 0.25) is 5.91 Å². The molecule has 0 aliphatic carbocycles. The molecule has 2 rings (SSSR count). The molecule has 0 fully saturated rings. The van der Waals surface area contributed by atoms with Crippen molar-refractivity contribution in [3.05, 3.63) is 54.1 Å². The molecule has 0 aliphatic heterocycles. The van der Waals surface area contributed by atoms with Crippen molar-refractivity contribution in [1.82, 2.24) is 4.90 Å². The van der Waals surface area contributed by atoms with Gasteiger partial charge in [-0.25, -0.2) is 0 Å². The van der Waals surface area contributed by atoms with Gasteiger partial charge in [0.05, 0.1) is 6.54 Å². The van der Waals surface area contributed by atoms with E-state index < -0.39 is 12.3 Å². The van der Waals surface area contributed by atoms with Crippen LogP contribution in [0.1, 0.15) is 10.4 Å². The summed E-state index contributed by atoms with van der Waals surface area (Å²) in [5.41, 5.74) is 1.28. The highest BCUT2D eigenvalue weighted by Crippen LogP contribution is 2.24. The van der Waals surface area contributed by atoms with Crippen LogP contribution in [0.25, 0.3) is 0 Å². The SMILES string of the molecule is CN(C)C(=O)c1ccc(NC(=O)CNc2cccc(OC(F)(F)F)c2)cc1. The number of carbonyl (C=O) groups is 2. The first-order chi connectivity index (χ1) is 12.6. The molecule has 0 bridgehead atoms. The van der Waals surface area contributed by atoms with Crippen LogP contribution >= 0.6 is 0 Å². The third-order valence-electron chi connectivity index (χ3n) is 3.34. The molecule has 2 amide bonds. The second-order valence-corrected chi connectivity index (χ2v) is 5.75. The van der Waals surface area contributed by atoms with E-state index in [4.69, 9.17) is 0 Å². The van der Waals surface area contributed by atoms with Gasteiger partial charge in [-0.15, -0.1) is 13.2 Å². The normalized spacial score (nSPS) is 10.9. The van der Waals surface area contributed by atoms with Gasteiger partial charge >= 0.3 is 6.36 Å². The summed E-state index contributed by atoms with van der Waals surface area (Å²) in [6.45, 7) is -0.159. The number of alkyl halides is 3. The van der Waals surface area contributed by atoms with Crippen LogP contribution in [0.3, 0.4) is 0 Å². The van der Waals surface area contributed by atoms with Crippen LogP contribution in [0.4, 0.5) is 24.5 Å². The molecule has 0 aliphatic rings. The molecule has 2 N–H and O–H groups in total. The quantitative estimate of drug-likeness (QED) is 0.805. The Morgan fingerprint density at radius 1 is 1.04 bits per heavy atom. The predicted molar refractivity (Wildman–Crippen MR) is 94.7 cm³/mol. The molecule has 0 saturated heterocycles. The Balaban J connectivity index is 1.89. The van der Waals surface area contributed by atoms with Gasteiger partial charge in [-0.1, -0.05) is 6.07 Å². The zero-order valence-electron chi connectivity index (χ0n) is 14.6. The zero-order chi connectivity index (χ0) is 20.0. The van der Waals surface area contributed by atoms with Crippen LogP contribution in [0.2, 0.25) is 0 Å². The number of anilines is 2. The van der Waals surface area contributed by atoms with Gasteiger partial charge in [-0.05, 0) is 36.4 Å². The minimum atomic E-state index is -4.78. The first kappa shape index (κ1) is 20.1. The van der Waals surface area contributed by atoms with E-state index in [1.807, 2.05) is 0 Å². The summed E-state index contributed by atoms with van der Waals surface area (Å²) in [4.78, 5) is 25.2. The number of ether oxygens (including phenoxy) is 1. The van der Waals surface area contributed by atoms with E-state index in [0.717, 1.165) is 12.1 Å². The lowest BCUT2D eigenvalue weighted by molar-refractivity contribution is -0.274. The molecule has 27 heavy (non-hydrogen) atoms. The summed E-state index contributed by atoms with van der Waals surface area (Å²) in [6.07, 6.45) is -4.78. The summed E-state index contributed by atoms with van der Waals surface area (Å²) in [5, 5.41) is 5.34. The summed E-state index contributed by atoms with van der Waals surface area (Å²) < 4.78 is 40.5. The lowest BCUT2D eigenvalue weighted by Crippen LogP contribution is -2.23. The maximum atomic E-state index is 12.2. The molecule has 0 radical (unpaired) electrons. The number of carbonyl (C=O) groups excluding carboxylic acids is 2. The molecule has 0 unspecified atom stereocenters. The Bertz CT molecular complexity index is 805. The molecular weight excluding hydrogens is 363 g/mol. The number of nitrogens with zero attached hydrogens (tertiary/aromatic N) is 1. The monoisotopic (exact) mass is 381 g/mol. The van der Waals surface area contributed by atoms with Crippen molar-refractivity contribution in [2.45, 2.75) is 6.36 Å². The standard InChI is InChI=1S/C18H18F3N3O3/c1-24(2)17(26)12-6-8-13(9-7-12)23-16(25)11-22-14-4-3-5-15(10-14)27-18(19,20)21/h3-10,22H,11H2,1-2H3,(H,23,25). The van der Waals surface area contributed by atoms with Crippen LogP contribution in [0, 0.1) is 0 Å². The molecule has 2 aromatic rings. The average Bonchev–Trinajstić information content (AvgIpc) is 2.59. The topological polar surface area (TPSA) is 70.7 Å². The van der Waals surface area contributed by atoms with Gasteiger partial charge < -0.3 is 20.3 Å². The Morgan fingerprint density at radius 3 is 2.30 bits per heavy atom. The van der Waals surface area contributed by atoms with Crippen molar-refractivity contribution in [2.75, 3.05) is 31.3 Å². The molecule has 2 aromatic carbocycles. The van der Waals surface area contributed by atoms with Gasteiger partial charge in [-0.3, -0.25) is 9.59 Å². The van der Waals surface area contributed by atoms with Crippen molar-refractivity contribution < 1.29 is 27.5 Å². The van der Waals surface area contributed by atoms with Crippen LogP contribution in [-0.4, -0.2) is 43.7 Å². The summed E-state index contributed by atoms with van der Waals surface area (Å²) in [5.74, 6) is -0.937. The first-order valence-corrected chi connectivity index (χ1v) is 7.85. The fourth-order valence-electron chi connectivity index (χ4n) is 2.15. The first-order valence-electron chi connectivity index (χ1n) is 7.85. The number of hydrogen-bond donors (Lipinski definition) is 2. The molecule has 9 heteroatoms. The number of nitrogens with one attached hydrogen (secondary N) is 2. The summed E-state index contributed by atoms with van der Waals surface area (Å²) in [7, 11) is 3.27. The van der Waals surface area contributed by atoms with Gasteiger partial charge in [0, 0.05) is 37.1 Å². The largest absolute Gasteiger partial charge is 0.573 e. The third kappa shape index (κ3) is 6.53. The van der Waals surface area contributed by atoms with E-state index in [-0.39, 0.29) is 18.2 Å². The molecule has 0 saturated carbocycles. The van der Waals surface area contributed by atoms with Crippen molar-refractivity contribution in [3.63, 3.8) is 0 Å². The van der Waals surface area contributed by atoms with E-state index in [1.54, 1.807) is 38.4 Å². The maximum absolute atomic E-state index is 12.2. The maximum Gasteiger partial charge on any atom is 0.573 e. The van der Waals surface area contributed by atoms with E-state index >= 15 is 0 Å². The minimum absolute atomic E-state index is 0.157. The van der Waals surface area contributed by atoms with Crippen LogP contribution in [-0.2, 0) is 4.79 Å². The number of benzene rings is 2. The highest BCUT2D eigenvalue weighted by atomic mass is 19.4. The Labute approximate surface area is 153 Å². The molecule has 0 heterocycles. The van der Waals surface area contributed by atoms with Crippen LogP contribution < -0.4 is 15.4 Å². The van der Waals surface area contributed by atoms with Crippen molar-refractivity contribution in [3.8, 4) is 5.75 Å². The number of amides is 2. The van der Waals surface area contributed by atoms with Gasteiger partial charge in [-0.2, -0.15) is 0 Å². The molecule has 0 aromatic heterocycles. The molecule has 144 valence electrons. The predicted octanol–water partition coefficient (Wildman–Crippen LogP) is 3.34. The number of halogens is 3. The van der Waals surface area contributed by atoms with E-state index in [0.29, 0.717) is 16.9 Å². The summed E-state index contributed by atoms with van der Waals surface area (Å²) >= 11 is 0. The number of rotatable bonds is 6.